The Hall–Kier alpha value is -1.32. The van der Waals surface area contributed by atoms with Gasteiger partial charge in [-0.05, 0) is 12.8 Å². The van der Waals surface area contributed by atoms with E-state index in [1.807, 2.05) is 12.4 Å². The summed E-state index contributed by atoms with van der Waals surface area (Å²) in [5.41, 5.74) is 0. The maximum absolute atomic E-state index is 10.7. The Labute approximate surface area is 109 Å². The fraction of sp³-hybridized carbons (Fsp3) is 0.714. The number of hydrogen-bond acceptors (Lipinski definition) is 2. The van der Waals surface area contributed by atoms with Crippen LogP contribution in [0.1, 0.15) is 51.8 Å². The molecule has 0 bridgehead atoms. The van der Waals surface area contributed by atoms with Crippen LogP contribution in [0.25, 0.3) is 0 Å². The van der Waals surface area contributed by atoms with Crippen molar-refractivity contribution in [3.05, 3.63) is 18.2 Å². The highest BCUT2D eigenvalue weighted by atomic mass is 16.4. The minimum Gasteiger partial charge on any atom is -0.546 e. The molecule has 1 aromatic heterocycles. The van der Waals surface area contributed by atoms with E-state index in [0.717, 1.165) is 38.1 Å². The lowest BCUT2D eigenvalue weighted by Gasteiger charge is -2.05. The van der Waals surface area contributed by atoms with Gasteiger partial charge in [0.25, 0.3) is 5.82 Å². The number of aryl methyl sites for hydroxylation is 1. The summed E-state index contributed by atoms with van der Waals surface area (Å²) in [4.78, 5) is 10.7. The minimum absolute atomic E-state index is 0.0411. The topological polar surface area (TPSA) is 48.9 Å². The molecule has 0 fully saturated rings. The van der Waals surface area contributed by atoms with Crippen molar-refractivity contribution < 1.29 is 14.5 Å². The number of carbonyl (C=O) groups is 1. The SMILES string of the molecule is CCCCCc1n(CCCC)cc[n+]1CC(=O)[O-]. The molecule has 102 valence electrons. The lowest BCUT2D eigenvalue weighted by atomic mass is 10.2. The Balaban J connectivity index is 2.75. The zero-order valence-electron chi connectivity index (χ0n) is 11.5. The summed E-state index contributed by atoms with van der Waals surface area (Å²) in [5, 5.41) is 10.7. The molecule has 0 atom stereocenters. The maximum Gasteiger partial charge on any atom is 0.256 e. The first-order valence-corrected chi connectivity index (χ1v) is 6.96. The summed E-state index contributed by atoms with van der Waals surface area (Å²) in [6.45, 7) is 5.26. The Morgan fingerprint density at radius 3 is 2.61 bits per heavy atom. The summed E-state index contributed by atoms with van der Waals surface area (Å²) in [7, 11) is 0. The number of nitrogens with zero attached hydrogens (tertiary/aromatic N) is 2. The molecule has 4 heteroatoms. The molecular weight excluding hydrogens is 228 g/mol. The van der Waals surface area contributed by atoms with E-state index in [0.29, 0.717) is 0 Å². The van der Waals surface area contributed by atoms with Crippen molar-refractivity contribution in [1.29, 1.82) is 0 Å². The van der Waals surface area contributed by atoms with Crippen LogP contribution in [0.2, 0.25) is 0 Å². The van der Waals surface area contributed by atoms with Crippen LogP contribution in [-0.2, 0) is 24.3 Å². The standard InChI is InChI=1S/C14H24N2O2/c1-3-5-7-8-13-15(9-6-4-2)10-11-16(13)12-14(17)18/h10-11H,3-9,12H2,1-2H3. The smallest absolute Gasteiger partial charge is 0.256 e. The van der Waals surface area contributed by atoms with Gasteiger partial charge >= 0.3 is 0 Å². The average molecular weight is 252 g/mol. The second-order valence-corrected chi connectivity index (χ2v) is 4.72. The molecule has 0 unspecified atom stereocenters. The predicted molar refractivity (Wildman–Crippen MR) is 67.8 cm³/mol. The molecule has 0 aliphatic carbocycles. The van der Waals surface area contributed by atoms with Gasteiger partial charge in [0.2, 0.25) is 0 Å². The Bertz CT molecular complexity index is 372. The summed E-state index contributed by atoms with van der Waals surface area (Å²) in [6.07, 6.45) is 10.5. The van der Waals surface area contributed by atoms with E-state index in [1.165, 1.54) is 12.8 Å². The van der Waals surface area contributed by atoms with Crippen LogP contribution in [0.5, 0.6) is 0 Å². The molecule has 4 nitrogen and oxygen atoms in total. The number of hydrogen-bond donors (Lipinski definition) is 0. The third kappa shape index (κ3) is 4.51. The van der Waals surface area contributed by atoms with Gasteiger partial charge in [-0.3, -0.25) is 0 Å². The van der Waals surface area contributed by atoms with Gasteiger partial charge in [-0.15, -0.1) is 0 Å². The first-order valence-electron chi connectivity index (χ1n) is 6.96. The van der Waals surface area contributed by atoms with E-state index in [2.05, 4.69) is 18.4 Å². The number of unbranched alkanes of at least 4 members (excludes halogenated alkanes) is 3. The molecule has 1 heterocycles. The number of carboxylic acids is 1. The van der Waals surface area contributed by atoms with Crippen molar-refractivity contribution in [3.63, 3.8) is 0 Å². The van der Waals surface area contributed by atoms with Gasteiger partial charge < -0.3 is 9.90 Å². The Morgan fingerprint density at radius 1 is 1.28 bits per heavy atom. The summed E-state index contributed by atoms with van der Waals surface area (Å²) in [6, 6.07) is 0. The van der Waals surface area contributed by atoms with Gasteiger partial charge in [0, 0.05) is 6.42 Å². The van der Waals surface area contributed by atoms with Gasteiger partial charge in [0.1, 0.15) is 18.9 Å². The van der Waals surface area contributed by atoms with Gasteiger partial charge in [0.15, 0.2) is 0 Å². The highest BCUT2D eigenvalue weighted by Gasteiger charge is 2.16. The van der Waals surface area contributed by atoms with E-state index in [-0.39, 0.29) is 6.54 Å². The number of carboxylic acid groups (broad SMARTS) is 1. The highest BCUT2D eigenvalue weighted by molar-refractivity contribution is 5.62. The third-order valence-electron chi connectivity index (χ3n) is 3.15. The van der Waals surface area contributed by atoms with Crippen LogP contribution in [-0.4, -0.2) is 10.5 Å². The van der Waals surface area contributed by atoms with E-state index >= 15 is 0 Å². The zero-order valence-corrected chi connectivity index (χ0v) is 11.5. The quantitative estimate of drug-likeness (QED) is 0.487. The van der Waals surface area contributed by atoms with Gasteiger partial charge in [-0.2, -0.15) is 0 Å². The maximum atomic E-state index is 10.7. The first kappa shape index (κ1) is 14.7. The fourth-order valence-corrected chi connectivity index (χ4v) is 2.13. The van der Waals surface area contributed by atoms with Crippen LogP contribution >= 0.6 is 0 Å². The number of aliphatic carboxylic acids is 1. The molecule has 0 saturated heterocycles. The van der Waals surface area contributed by atoms with Crippen molar-refractivity contribution in [3.8, 4) is 0 Å². The van der Waals surface area contributed by atoms with Crippen molar-refractivity contribution in [2.24, 2.45) is 0 Å². The number of aromatic nitrogens is 2. The molecule has 0 radical (unpaired) electrons. The molecule has 1 aromatic rings. The van der Waals surface area contributed by atoms with E-state index in [4.69, 9.17) is 0 Å². The number of carbonyl (C=O) groups excluding carboxylic acids is 1. The van der Waals surface area contributed by atoms with E-state index < -0.39 is 5.97 Å². The van der Waals surface area contributed by atoms with Gasteiger partial charge in [-0.1, -0.05) is 33.1 Å². The van der Waals surface area contributed by atoms with Crippen LogP contribution < -0.4 is 9.67 Å². The molecular formula is C14H24N2O2. The molecule has 0 aromatic carbocycles. The second-order valence-electron chi connectivity index (χ2n) is 4.72. The molecule has 1 rings (SSSR count). The summed E-state index contributed by atoms with van der Waals surface area (Å²) < 4.78 is 3.99. The normalized spacial score (nSPS) is 10.8. The van der Waals surface area contributed by atoms with Crippen LogP contribution in [0, 0.1) is 0 Å². The Kier molecular flexibility index (Phi) is 6.47. The van der Waals surface area contributed by atoms with Crippen molar-refractivity contribution in [1.82, 2.24) is 4.57 Å². The zero-order chi connectivity index (χ0) is 13.4. The lowest BCUT2D eigenvalue weighted by molar-refractivity contribution is -0.697. The summed E-state index contributed by atoms with van der Waals surface area (Å²) in [5.74, 6) is 0.0890. The monoisotopic (exact) mass is 252 g/mol. The second kappa shape index (κ2) is 7.90. The van der Waals surface area contributed by atoms with Crippen molar-refractivity contribution in [2.45, 2.75) is 65.5 Å². The summed E-state index contributed by atoms with van der Waals surface area (Å²) >= 11 is 0. The molecule has 18 heavy (non-hydrogen) atoms. The number of imidazole rings is 1. The lowest BCUT2D eigenvalue weighted by Crippen LogP contribution is -2.45. The average Bonchev–Trinajstić information content (AvgIpc) is 2.69. The van der Waals surface area contributed by atoms with Crippen molar-refractivity contribution >= 4 is 5.97 Å². The van der Waals surface area contributed by atoms with Gasteiger partial charge in [-0.25, -0.2) is 9.13 Å². The molecule has 0 aliphatic heterocycles. The molecule has 0 N–H and O–H groups in total. The molecule has 0 aliphatic rings. The third-order valence-corrected chi connectivity index (χ3v) is 3.15. The van der Waals surface area contributed by atoms with E-state index in [9.17, 15) is 9.90 Å². The molecule has 0 spiro atoms. The number of rotatable bonds is 9. The largest absolute Gasteiger partial charge is 0.546 e. The van der Waals surface area contributed by atoms with E-state index in [1.54, 1.807) is 4.57 Å². The molecule has 0 amide bonds. The Morgan fingerprint density at radius 2 is 2.00 bits per heavy atom. The van der Waals surface area contributed by atoms with Crippen LogP contribution in [0.3, 0.4) is 0 Å². The predicted octanol–water partition coefficient (Wildman–Crippen LogP) is 1.06. The first-order chi connectivity index (χ1) is 8.69. The van der Waals surface area contributed by atoms with Crippen LogP contribution in [0.15, 0.2) is 12.4 Å². The minimum atomic E-state index is -1.02. The van der Waals surface area contributed by atoms with Crippen molar-refractivity contribution in [2.75, 3.05) is 0 Å². The highest BCUT2D eigenvalue weighted by Crippen LogP contribution is 2.06. The van der Waals surface area contributed by atoms with Crippen LogP contribution in [0.4, 0.5) is 0 Å². The fourth-order valence-electron chi connectivity index (χ4n) is 2.13. The van der Waals surface area contributed by atoms with Gasteiger partial charge in [0.05, 0.1) is 12.5 Å². The molecule has 0 saturated carbocycles.